The number of rotatable bonds is 2. The maximum atomic E-state index is 12.3. The number of alkyl halides is 1. The lowest BCUT2D eigenvalue weighted by Gasteiger charge is -2.23. The molecule has 0 aromatic rings. The van der Waals surface area contributed by atoms with Crippen molar-refractivity contribution in [1.82, 2.24) is 4.90 Å². The largest absolute Gasteiger partial charge is 0.338 e. The van der Waals surface area contributed by atoms with E-state index in [1.807, 2.05) is 0 Å². The molecule has 3 unspecified atom stereocenters. The Morgan fingerprint density at radius 2 is 1.93 bits per heavy atom. The van der Waals surface area contributed by atoms with E-state index in [0.717, 1.165) is 31.2 Å². The fourth-order valence-electron chi connectivity index (χ4n) is 3.67. The molecule has 0 spiro atoms. The smallest absolute Gasteiger partial charge is 0.226 e. The molecule has 3 aliphatic rings. The van der Waals surface area contributed by atoms with Crippen molar-refractivity contribution < 1.29 is 4.79 Å². The van der Waals surface area contributed by atoms with Crippen LogP contribution in [0.25, 0.3) is 0 Å². The van der Waals surface area contributed by atoms with Crippen LogP contribution >= 0.6 is 11.6 Å². The first kappa shape index (κ1) is 9.95. The van der Waals surface area contributed by atoms with Crippen LogP contribution in [0.4, 0.5) is 0 Å². The zero-order valence-corrected chi connectivity index (χ0v) is 9.75. The number of hydrogen-bond donors (Lipinski definition) is 0. The predicted molar refractivity (Wildman–Crippen MR) is 59.8 cm³/mol. The molecule has 2 aliphatic carbocycles. The highest BCUT2D eigenvalue weighted by Gasteiger charge is 2.58. The lowest BCUT2D eigenvalue weighted by Crippen LogP contribution is -2.38. The van der Waals surface area contributed by atoms with Gasteiger partial charge in [0, 0.05) is 24.4 Å². The number of halogens is 1. The molecule has 0 aromatic carbocycles. The quantitative estimate of drug-likeness (QED) is 0.663. The zero-order valence-electron chi connectivity index (χ0n) is 8.99. The number of fused-ring (bicyclic) bond motifs is 1. The molecular formula is C12H18ClNO. The number of amides is 1. The second-order valence-electron chi connectivity index (χ2n) is 5.27. The summed E-state index contributed by atoms with van der Waals surface area (Å²) in [5.41, 5.74) is 0. The van der Waals surface area contributed by atoms with Crippen LogP contribution in [-0.4, -0.2) is 29.3 Å². The average molecular weight is 228 g/mol. The molecule has 3 rings (SSSR count). The first-order chi connectivity index (χ1) is 7.33. The number of likely N-dealkylation sites (tertiary alicyclic amines) is 1. The molecule has 2 nitrogen and oxygen atoms in total. The second kappa shape index (κ2) is 3.65. The summed E-state index contributed by atoms with van der Waals surface area (Å²) < 4.78 is 0. The van der Waals surface area contributed by atoms with E-state index in [1.54, 1.807) is 0 Å². The molecular weight excluding hydrogens is 210 g/mol. The SMILES string of the molecule is O=C(C1C2CCCC21)N1CCCC1CCl. The Hall–Kier alpha value is -0.240. The topological polar surface area (TPSA) is 20.3 Å². The Morgan fingerprint density at radius 1 is 1.20 bits per heavy atom. The summed E-state index contributed by atoms with van der Waals surface area (Å²) in [7, 11) is 0. The van der Waals surface area contributed by atoms with Crippen molar-refractivity contribution in [3.05, 3.63) is 0 Å². The average Bonchev–Trinajstić information content (AvgIpc) is 2.72. The molecule has 0 bridgehead atoms. The Labute approximate surface area is 96.0 Å². The maximum absolute atomic E-state index is 12.3. The fraction of sp³-hybridized carbons (Fsp3) is 0.917. The summed E-state index contributed by atoms with van der Waals surface area (Å²) in [6.07, 6.45) is 6.18. The molecule has 3 heteroatoms. The maximum Gasteiger partial charge on any atom is 0.226 e. The molecule has 3 atom stereocenters. The van der Waals surface area contributed by atoms with Crippen molar-refractivity contribution in [2.24, 2.45) is 17.8 Å². The second-order valence-corrected chi connectivity index (χ2v) is 5.57. The van der Waals surface area contributed by atoms with Crippen molar-refractivity contribution in [3.8, 4) is 0 Å². The predicted octanol–water partition coefficient (Wildman–Crippen LogP) is 2.26. The van der Waals surface area contributed by atoms with Crippen molar-refractivity contribution >= 4 is 17.5 Å². The lowest BCUT2D eigenvalue weighted by atomic mass is 10.1. The van der Waals surface area contributed by atoms with Crippen LogP contribution in [0, 0.1) is 17.8 Å². The molecule has 0 radical (unpaired) electrons. The molecule has 3 fully saturated rings. The highest BCUT2D eigenvalue weighted by Crippen LogP contribution is 2.58. The number of carbonyl (C=O) groups excluding carboxylic acids is 1. The van der Waals surface area contributed by atoms with E-state index < -0.39 is 0 Å². The lowest BCUT2D eigenvalue weighted by molar-refractivity contribution is -0.133. The van der Waals surface area contributed by atoms with Gasteiger partial charge in [0.2, 0.25) is 5.91 Å². The molecule has 15 heavy (non-hydrogen) atoms. The number of nitrogens with zero attached hydrogens (tertiary/aromatic N) is 1. The van der Waals surface area contributed by atoms with Gasteiger partial charge in [0.1, 0.15) is 0 Å². The van der Waals surface area contributed by atoms with E-state index in [-0.39, 0.29) is 0 Å². The standard InChI is InChI=1S/C12H18ClNO/c13-7-8-3-2-6-14(8)12(15)11-9-4-1-5-10(9)11/h8-11H,1-7H2. The van der Waals surface area contributed by atoms with E-state index >= 15 is 0 Å². The Balaban J connectivity index is 1.65. The van der Waals surface area contributed by atoms with E-state index in [1.165, 1.54) is 19.3 Å². The van der Waals surface area contributed by atoms with Gasteiger partial charge in [0.05, 0.1) is 0 Å². The van der Waals surface area contributed by atoms with Crippen molar-refractivity contribution in [2.45, 2.75) is 38.1 Å². The van der Waals surface area contributed by atoms with Gasteiger partial charge in [-0.1, -0.05) is 6.42 Å². The first-order valence-electron chi connectivity index (χ1n) is 6.19. The van der Waals surface area contributed by atoms with Crippen LogP contribution in [0.15, 0.2) is 0 Å². The van der Waals surface area contributed by atoms with Gasteiger partial charge in [-0.25, -0.2) is 0 Å². The molecule has 84 valence electrons. The van der Waals surface area contributed by atoms with Gasteiger partial charge >= 0.3 is 0 Å². The number of hydrogen-bond acceptors (Lipinski definition) is 1. The van der Waals surface area contributed by atoms with E-state index in [9.17, 15) is 4.79 Å². The van der Waals surface area contributed by atoms with Crippen molar-refractivity contribution in [2.75, 3.05) is 12.4 Å². The Morgan fingerprint density at radius 3 is 2.60 bits per heavy atom. The summed E-state index contributed by atoms with van der Waals surface area (Å²) in [5.74, 6) is 2.92. The van der Waals surface area contributed by atoms with Gasteiger partial charge in [0.25, 0.3) is 0 Å². The highest BCUT2D eigenvalue weighted by molar-refractivity contribution is 6.18. The summed E-state index contributed by atoms with van der Waals surface area (Å²) in [6.45, 7) is 0.951. The van der Waals surface area contributed by atoms with Crippen LogP contribution in [0.3, 0.4) is 0 Å². The molecule has 0 N–H and O–H groups in total. The third-order valence-electron chi connectivity index (χ3n) is 4.53. The molecule has 0 aromatic heterocycles. The third kappa shape index (κ3) is 1.49. The van der Waals surface area contributed by atoms with Gasteiger partial charge in [-0.05, 0) is 37.5 Å². The van der Waals surface area contributed by atoms with E-state index in [2.05, 4.69) is 4.90 Å². The molecule has 1 aliphatic heterocycles. The van der Waals surface area contributed by atoms with Crippen molar-refractivity contribution in [1.29, 1.82) is 0 Å². The van der Waals surface area contributed by atoms with Crippen LogP contribution in [0.1, 0.15) is 32.1 Å². The fourth-order valence-corrected chi connectivity index (χ4v) is 3.99. The summed E-state index contributed by atoms with van der Waals surface area (Å²) in [4.78, 5) is 14.3. The van der Waals surface area contributed by atoms with Gasteiger partial charge in [-0.3, -0.25) is 4.79 Å². The van der Waals surface area contributed by atoms with Gasteiger partial charge in [-0.2, -0.15) is 0 Å². The van der Waals surface area contributed by atoms with Crippen LogP contribution in [-0.2, 0) is 4.79 Å². The Kier molecular flexibility index (Phi) is 2.42. The first-order valence-corrected chi connectivity index (χ1v) is 6.73. The molecule has 1 amide bonds. The highest BCUT2D eigenvalue weighted by atomic mass is 35.5. The molecule has 1 saturated heterocycles. The minimum atomic E-state index is 0.334. The van der Waals surface area contributed by atoms with Crippen LogP contribution in [0.5, 0.6) is 0 Å². The zero-order chi connectivity index (χ0) is 10.4. The normalized spacial score (nSPS) is 43.1. The van der Waals surface area contributed by atoms with Gasteiger partial charge < -0.3 is 4.90 Å². The summed E-state index contributed by atoms with van der Waals surface area (Å²) >= 11 is 5.90. The minimum Gasteiger partial charge on any atom is -0.338 e. The monoisotopic (exact) mass is 227 g/mol. The summed E-state index contributed by atoms with van der Waals surface area (Å²) in [6, 6.07) is 0.334. The van der Waals surface area contributed by atoms with Crippen LogP contribution in [0.2, 0.25) is 0 Å². The van der Waals surface area contributed by atoms with Crippen LogP contribution < -0.4 is 0 Å². The van der Waals surface area contributed by atoms with Gasteiger partial charge in [0.15, 0.2) is 0 Å². The number of carbonyl (C=O) groups is 1. The molecule has 1 heterocycles. The minimum absolute atomic E-state index is 0.334. The third-order valence-corrected chi connectivity index (χ3v) is 4.89. The van der Waals surface area contributed by atoms with E-state index in [4.69, 9.17) is 11.6 Å². The summed E-state index contributed by atoms with van der Waals surface area (Å²) in [5, 5.41) is 0. The Bertz CT molecular complexity index is 271. The molecule has 2 saturated carbocycles. The van der Waals surface area contributed by atoms with Crippen molar-refractivity contribution in [3.63, 3.8) is 0 Å². The van der Waals surface area contributed by atoms with E-state index in [0.29, 0.717) is 23.7 Å². The van der Waals surface area contributed by atoms with Gasteiger partial charge in [-0.15, -0.1) is 11.6 Å².